The predicted molar refractivity (Wildman–Crippen MR) is 55.3 cm³/mol. The van der Waals surface area contributed by atoms with Crippen LogP contribution in [0.5, 0.6) is 0 Å². The van der Waals surface area contributed by atoms with Crippen molar-refractivity contribution in [2.75, 3.05) is 31.6 Å². The van der Waals surface area contributed by atoms with Crippen molar-refractivity contribution in [3.05, 3.63) is 0 Å². The Kier molecular flexibility index (Phi) is 5.35. The summed E-state index contributed by atoms with van der Waals surface area (Å²) in [7, 11) is 0. The van der Waals surface area contributed by atoms with Crippen molar-refractivity contribution in [2.24, 2.45) is 0 Å². The summed E-state index contributed by atoms with van der Waals surface area (Å²) in [6.07, 6.45) is -1.97. The summed E-state index contributed by atoms with van der Waals surface area (Å²) in [5.74, 6) is 0. The fourth-order valence-electron chi connectivity index (χ4n) is 1.73. The van der Waals surface area contributed by atoms with Crippen LogP contribution in [0.2, 0.25) is 0 Å². The van der Waals surface area contributed by atoms with E-state index in [0.29, 0.717) is 12.6 Å². The summed E-state index contributed by atoms with van der Waals surface area (Å²) in [4.78, 5) is 2.17. The number of rotatable bonds is 5. The first-order valence-electron chi connectivity index (χ1n) is 4.97. The first kappa shape index (κ1) is 13.3. The molecule has 0 bridgehead atoms. The molecule has 1 rings (SSSR count). The average molecular weight is 290 g/mol. The fraction of sp³-hybridized carbons (Fsp3) is 1.00. The highest BCUT2D eigenvalue weighted by Crippen LogP contribution is 2.19. The Morgan fingerprint density at radius 1 is 1.40 bits per heavy atom. The van der Waals surface area contributed by atoms with E-state index in [4.69, 9.17) is 0 Å². The highest BCUT2D eigenvalue weighted by atomic mass is 79.9. The van der Waals surface area contributed by atoms with Gasteiger partial charge in [-0.2, -0.15) is 13.2 Å². The highest BCUT2D eigenvalue weighted by Gasteiger charge is 2.28. The summed E-state index contributed by atoms with van der Waals surface area (Å²) in [5.41, 5.74) is 0. The van der Waals surface area contributed by atoms with Gasteiger partial charge in [-0.25, -0.2) is 0 Å². The number of halogens is 4. The van der Waals surface area contributed by atoms with Crippen LogP contribution in [0.4, 0.5) is 13.2 Å². The molecule has 1 saturated heterocycles. The van der Waals surface area contributed by atoms with Crippen LogP contribution in [0, 0.1) is 0 Å². The van der Waals surface area contributed by atoms with Crippen molar-refractivity contribution in [1.82, 2.24) is 4.90 Å². The van der Waals surface area contributed by atoms with Crippen LogP contribution >= 0.6 is 15.9 Å². The molecule has 6 heteroatoms. The minimum absolute atomic E-state index is 0.156. The maximum Gasteiger partial charge on any atom is 0.411 e. The van der Waals surface area contributed by atoms with Crippen LogP contribution in [0.15, 0.2) is 0 Å². The highest BCUT2D eigenvalue weighted by molar-refractivity contribution is 9.09. The number of hydrogen-bond donors (Lipinski definition) is 0. The lowest BCUT2D eigenvalue weighted by Crippen LogP contribution is -2.34. The zero-order chi connectivity index (χ0) is 11.3. The molecule has 0 saturated carbocycles. The van der Waals surface area contributed by atoms with E-state index in [1.165, 1.54) is 0 Å². The molecule has 15 heavy (non-hydrogen) atoms. The minimum Gasteiger partial charge on any atom is -0.371 e. The van der Waals surface area contributed by atoms with Crippen molar-refractivity contribution in [3.63, 3.8) is 0 Å². The van der Waals surface area contributed by atoms with Gasteiger partial charge in [0.25, 0.3) is 0 Å². The van der Waals surface area contributed by atoms with Gasteiger partial charge in [0.15, 0.2) is 0 Å². The monoisotopic (exact) mass is 289 g/mol. The van der Waals surface area contributed by atoms with Gasteiger partial charge in [-0.05, 0) is 19.4 Å². The molecule has 1 atom stereocenters. The maximum absolute atomic E-state index is 11.8. The van der Waals surface area contributed by atoms with Gasteiger partial charge in [-0.15, -0.1) is 0 Å². The molecular weight excluding hydrogens is 275 g/mol. The molecule has 1 unspecified atom stereocenters. The number of ether oxygens (including phenoxy) is 1. The molecule has 1 heterocycles. The van der Waals surface area contributed by atoms with Crippen molar-refractivity contribution in [1.29, 1.82) is 0 Å². The lowest BCUT2D eigenvalue weighted by atomic mass is 10.2. The topological polar surface area (TPSA) is 12.5 Å². The third-order valence-corrected chi connectivity index (χ3v) is 3.21. The number of alkyl halides is 4. The van der Waals surface area contributed by atoms with E-state index in [2.05, 4.69) is 25.6 Å². The van der Waals surface area contributed by atoms with Crippen LogP contribution in [-0.2, 0) is 4.74 Å². The average Bonchev–Trinajstić information content (AvgIpc) is 2.58. The number of nitrogens with zero attached hydrogens (tertiary/aromatic N) is 1. The molecule has 1 fully saturated rings. The Bertz CT molecular complexity index is 189. The maximum atomic E-state index is 11.8. The van der Waals surface area contributed by atoms with Crippen LogP contribution in [0.25, 0.3) is 0 Å². The Balaban J connectivity index is 2.09. The van der Waals surface area contributed by atoms with Crippen LogP contribution in [0.1, 0.15) is 12.8 Å². The second kappa shape index (κ2) is 6.06. The molecule has 1 aliphatic rings. The summed E-state index contributed by atoms with van der Waals surface area (Å²) in [6.45, 7) is 0.570. The summed E-state index contributed by atoms with van der Waals surface area (Å²) in [6, 6.07) is 0.458. The Morgan fingerprint density at radius 3 is 2.73 bits per heavy atom. The SMILES string of the molecule is FC(F)(F)COCCN1CCCC1CBr. The van der Waals surface area contributed by atoms with Gasteiger partial charge in [0.2, 0.25) is 0 Å². The van der Waals surface area contributed by atoms with Gasteiger partial charge in [0.1, 0.15) is 6.61 Å². The summed E-state index contributed by atoms with van der Waals surface area (Å²) in [5, 5.41) is 0.881. The largest absolute Gasteiger partial charge is 0.411 e. The molecule has 0 N–H and O–H groups in total. The van der Waals surface area contributed by atoms with E-state index < -0.39 is 12.8 Å². The quantitative estimate of drug-likeness (QED) is 0.569. The molecule has 1 aliphatic heterocycles. The van der Waals surface area contributed by atoms with Crippen LogP contribution in [0.3, 0.4) is 0 Å². The zero-order valence-electron chi connectivity index (χ0n) is 8.39. The van der Waals surface area contributed by atoms with E-state index in [9.17, 15) is 13.2 Å². The predicted octanol–water partition coefficient (Wildman–Crippen LogP) is 2.42. The normalized spacial score (nSPS) is 23.6. The van der Waals surface area contributed by atoms with Gasteiger partial charge in [0, 0.05) is 17.9 Å². The standard InChI is InChI=1S/C9H15BrF3NO/c10-6-8-2-1-3-14(8)4-5-15-7-9(11,12)13/h8H,1-7H2. The fourth-order valence-corrected chi connectivity index (χ4v) is 2.47. The van der Waals surface area contributed by atoms with Crippen molar-refractivity contribution < 1.29 is 17.9 Å². The van der Waals surface area contributed by atoms with E-state index in [-0.39, 0.29) is 6.61 Å². The Morgan fingerprint density at radius 2 is 2.13 bits per heavy atom. The Labute approximate surface area is 95.9 Å². The second-order valence-corrected chi connectivity index (χ2v) is 4.30. The van der Waals surface area contributed by atoms with Gasteiger partial charge in [0.05, 0.1) is 6.61 Å². The van der Waals surface area contributed by atoms with Gasteiger partial charge in [-0.1, -0.05) is 15.9 Å². The minimum atomic E-state index is -4.21. The van der Waals surface area contributed by atoms with Crippen LogP contribution in [-0.4, -0.2) is 48.8 Å². The molecule has 0 aromatic heterocycles. The van der Waals surface area contributed by atoms with Crippen molar-refractivity contribution in [3.8, 4) is 0 Å². The van der Waals surface area contributed by atoms with Crippen molar-refractivity contribution >= 4 is 15.9 Å². The first-order valence-corrected chi connectivity index (χ1v) is 6.09. The van der Waals surface area contributed by atoms with E-state index in [1.54, 1.807) is 0 Å². The molecule has 0 radical (unpaired) electrons. The van der Waals surface area contributed by atoms with Crippen molar-refractivity contribution in [2.45, 2.75) is 25.1 Å². The van der Waals surface area contributed by atoms with Crippen LogP contribution < -0.4 is 0 Å². The summed E-state index contributed by atoms with van der Waals surface area (Å²) >= 11 is 3.39. The smallest absolute Gasteiger partial charge is 0.371 e. The zero-order valence-corrected chi connectivity index (χ0v) is 9.98. The Hall–Kier alpha value is 0.190. The molecule has 0 aromatic carbocycles. The number of likely N-dealkylation sites (tertiary alicyclic amines) is 1. The van der Waals surface area contributed by atoms with E-state index in [0.717, 1.165) is 24.7 Å². The summed E-state index contributed by atoms with van der Waals surface area (Å²) < 4.78 is 39.8. The molecular formula is C9H15BrF3NO. The molecule has 0 spiro atoms. The van der Waals surface area contributed by atoms with E-state index >= 15 is 0 Å². The van der Waals surface area contributed by atoms with E-state index in [1.807, 2.05) is 0 Å². The lowest BCUT2D eigenvalue weighted by molar-refractivity contribution is -0.174. The number of hydrogen-bond acceptors (Lipinski definition) is 2. The molecule has 0 aromatic rings. The van der Waals surface area contributed by atoms with Gasteiger partial charge in [-0.3, -0.25) is 4.90 Å². The first-order chi connectivity index (χ1) is 7.03. The van der Waals surface area contributed by atoms with Gasteiger partial charge >= 0.3 is 6.18 Å². The second-order valence-electron chi connectivity index (χ2n) is 3.65. The third-order valence-electron chi connectivity index (χ3n) is 2.47. The molecule has 90 valence electrons. The third kappa shape index (κ3) is 5.17. The molecule has 0 amide bonds. The van der Waals surface area contributed by atoms with Gasteiger partial charge < -0.3 is 4.74 Å². The lowest BCUT2D eigenvalue weighted by Gasteiger charge is -2.22. The molecule has 0 aliphatic carbocycles. The molecule has 2 nitrogen and oxygen atoms in total.